The summed E-state index contributed by atoms with van der Waals surface area (Å²) in [4.78, 5) is 13.6. The van der Waals surface area contributed by atoms with Crippen LogP contribution in [0.15, 0.2) is 0 Å². The summed E-state index contributed by atoms with van der Waals surface area (Å²) in [6, 6.07) is 0. The molecule has 17 heavy (non-hydrogen) atoms. The molecular formula is C13H28N2O2. The number of ether oxygens (including phenoxy) is 1. The molecular weight excluding hydrogens is 216 g/mol. The normalized spacial score (nSPS) is 12.5. The van der Waals surface area contributed by atoms with Gasteiger partial charge in [-0.05, 0) is 31.7 Å². The summed E-state index contributed by atoms with van der Waals surface area (Å²) in [5.74, 6) is 0.827. The Morgan fingerprint density at radius 2 is 2.12 bits per heavy atom. The van der Waals surface area contributed by atoms with Crippen LogP contribution in [0.2, 0.25) is 0 Å². The Balaban J connectivity index is 3.75. The first-order valence-electron chi connectivity index (χ1n) is 6.58. The Kier molecular flexibility index (Phi) is 10.2. The quantitative estimate of drug-likeness (QED) is 0.594. The van der Waals surface area contributed by atoms with Crippen molar-refractivity contribution in [1.29, 1.82) is 0 Å². The van der Waals surface area contributed by atoms with Crippen LogP contribution in [0.1, 0.15) is 39.0 Å². The first kappa shape index (κ1) is 16.4. The molecule has 4 heteroatoms. The van der Waals surface area contributed by atoms with Crippen LogP contribution in [-0.2, 0) is 9.53 Å². The second kappa shape index (κ2) is 10.5. The molecule has 0 aliphatic rings. The van der Waals surface area contributed by atoms with Crippen LogP contribution < -0.4 is 5.73 Å². The van der Waals surface area contributed by atoms with E-state index in [-0.39, 0.29) is 5.91 Å². The lowest BCUT2D eigenvalue weighted by Crippen LogP contribution is -2.28. The first-order chi connectivity index (χ1) is 8.15. The third-order valence-corrected chi connectivity index (χ3v) is 3.19. The van der Waals surface area contributed by atoms with Gasteiger partial charge < -0.3 is 15.4 Å². The number of nitrogens with two attached hydrogens (primary N) is 1. The fraction of sp³-hybridized carbons (Fsp3) is 0.923. The molecule has 2 N–H and O–H groups in total. The lowest BCUT2D eigenvalue weighted by atomic mass is 9.96. The van der Waals surface area contributed by atoms with E-state index in [1.54, 1.807) is 12.0 Å². The zero-order valence-corrected chi connectivity index (χ0v) is 11.6. The minimum Gasteiger partial charge on any atom is -0.385 e. The molecule has 0 rings (SSSR count). The predicted octanol–water partition coefficient (Wildman–Crippen LogP) is 1.64. The average Bonchev–Trinajstić information content (AvgIpc) is 2.34. The number of hydrogen-bond donors (Lipinski definition) is 1. The van der Waals surface area contributed by atoms with Gasteiger partial charge in [-0.1, -0.05) is 13.3 Å². The second-order valence-electron chi connectivity index (χ2n) is 4.55. The van der Waals surface area contributed by atoms with E-state index < -0.39 is 0 Å². The van der Waals surface area contributed by atoms with Gasteiger partial charge in [-0.15, -0.1) is 0 Å². The van der Waals surface area contributed by atoms with E-state index >= 15 is 0 Å². The Hall–Kier alpha value is -0.610. The van der Waals surface area contributed by atoms with Crippen LogP contribution >= 0.6 is 0 Å². The largest absolute Gasteiger partial charge is 0.385 e. The summed E-state index contributed by atoms with van der Waals surface area (Å²) < 4.78 is 4.97. The zero-order valence-electron chi connectivity index (χ0n) is 11.6. The van der Waals surface area contributed by atoms with Gasteiger partial charge in [-0.25, -0.2) is 0 Å². The maximum atomic E-state index is 11.8. The minimum atomic E-state index is 0.233. The van der Waals surface area contributed by atoms with Crippen LogP contribution in [0.5, 0.6) is 0 Å². The molecule has 1 unspecified atom stereocenters. The van der Waals surface area contributed by atoms with Crippen LogP contribution in [-0.4, -0.2) is 44.7 Å². The van der Waals surface area contributed by atoms with Gasteiger partial charge in [-0.3, -0.25) is 4.79 Å². The van der Waals surface area contributed by atoms with Crippen LogP contribution in [0.4, 0.5) is 0 Å². The molecule has 0 spiro atoms. The number of rotatable bonds is 10. The SMILES string of the molecule is CCC(CCN)CCC(=O)N(C)CCCOC. The van der Waals surface area contributed by atoms with Crippen molar-refractivity contribution in [3.63, 3.8) is 0 Å². The van der Waals surface area contributed by atoms with E-state index in [1.165, 1.54) is 0 Å². The zero-order chi connectivity index (χ0) is 13.1. The summed E-state index contributed by atoms with van der Waals surface area (Å²) in [6.45, 7) is 4.37. The van der Waals surface area contributed by atoms with Gasteiger partial charge >= 0.3 is 0 Å². The Morgan fingerprint density at radius 1 is 1.41 bits per heavy atom. The summed E-state index contributed by atoms with van der Waals surface area (Å²) in [6.07, 6.45) is 4.64. The van der Waals surface area contributed by atoms with E-state index in [0.29, 0.717) is 18.9 Å². The van der Waals surface area contributed by atoms with Gasteiger partial charge in [0.1, 0.15) is 0 Å². The van der Waals surface area contributed by atoms with E-state index in [2.05, 4.69) is 6.92 Å². The van der Waals surface area contributed by atoms with Crippen molar-refractivity contribution in [3.8, 4) is 0 Å². The van der Waals surface area contributed by atoms with Crippen molar-refractivity contribution in [2.24, 2.45) is 11.7 Å². The number of hydrogen-bond acceptors (Lipinski definition) is 3. The monoisotopic (exact) mass is 244 g/mol. The van der Waals surface area contributed by atoms with Gasteiger partial charge in [0.2, 0.25) is 5.91 Å². The highest BCUT2D eigenvalue weighted by Gasteiger charge is 2.12. The summed E-state index contributed by atoms with van der Waals surface area (Å²) >= 11 is 0. The number of methoxy groups -OCH3 is 1. The average molecular weight is 244 g/mol. The maximum Gasteiger partial charge on any atom is 0.222 e. The first-order valence-corrected chi connectivity index (χ1v) is 6.58. The fourth-order valence-electron chi connectivity index (χ4n) is 1.88. The molecule has 0 aromatic heterocycles. The number of nitrogens with zero attached hydrogens (tertiary/aromatic N) is 1. The molecule has 0 aromatic carbocycles. The standard InChI is InChI=1S/C13H28N2O2/c1-4-12(8-9-14)6-7-13(16)15(2)10-5-11-17-3/h12H,4-11,14H2,1-3H3. The third kappa shape index (κ3) is 8.16. The van der Waals surface area contributed by atoms with Crippen molar-refractivity contribution in [3.05, 3.63) is 0 Å². The highest BCUT2D eigenvalue weighted by atomic mass is 16.5. The molecule has 0 saturated carbocycles. The third-order valence-electron chi connectivity index (χ3n) is 3.19. The molecule has 0 radical (unpaired) electrons. The molecule has 1 atom stereocenters. The molecule has 102 valence electrons. The maximum absolute atomic E-state index is 11.8. The van der Waals surface area contributed by atoms with E-state index in [0.717, 1.165) is 38.8 Å². The van der Waals surface area contributed by atoms with Gasteiger partial charge in [0.05, 0.1) is 0 Å². The fourth-order valence-corrected chi connectivity index (χ4v) is 1.88. The Morgan fingerprint density at radius 3 is 2.65 bits per heavy atom. The van der Waals surface area contributed by atoms with Crippen molar-refractivity contribution < 1.29 is 9.53 Å². The number of carbonyl (C=O) groups excluding carboxylic acids is 1. The molecule has 4 nitrogen and oxygen atoms in total. The molecule has 0 aliphatic heterocycles. The summed E-state index contributed by atoms with van der Waals surface area (Å²) in [5.41, 5.74) is 5.54. The van der Waals surface area contributed by atoms with Gasteiger partial charge in [-0.2, -0.15) is 0 Å². The molecule has 0 bridgehead atoms. The molecule has 0 aliphatic carbocycles. The Bertz CT molecular complexity index is 198. The minimum absolute atomic E-state index is 0.233. The lowest BCUT2D eigenvalue weighted by Gasteiger charge is -2.19. The van der Waals surface area contributed by atoms with Gasteiger partial charge in [0.25, 0.3) is 0 Å². The summed E-state index contributed by atoms with van der Waals surface area (Å²) in [5, 5.41) is 0. The molecule has 0 heterocycles. The lowest BCUT2D eigenvalue weighted by molar-refractivity contribution is -0.130. The van der Waals surface area contributed by atoms with Crippen molar-refractivity contribution in [2.75, 3.05) is 33.9 Å². The van der Waals surface area contributed by atoms with Crippen LogP contribution in [0.3, 0.4) is 0 Å². The van der Waals surface area contributed by atoms with Gasteiger partial charge in [0, 0.05) is 33.7 Å². The second-order valence-corrected chi connectivity index (χ2v) is 4.55. The van der Waals surface area contributed by atoms with Crippen LogP contribution in [0, 0.1) is 5.92 Å². The van der Waals surface area contributed by atoms with E-state index in [1.807, 2.05) is 7.05 Å². The van der Waals surface area contributed by atoms with E-state index in [4.69, 9.17) is 10.5 Å². The van der Waals surface area contributed by atoms with Gasteiger partial charge in [0.15, 0.2) is 0 Å². The highest BCUT2D eigenvalue weighted by molar-refractivity contribution is 5.75. The van der Waals surface area contributed by atoms with Crippen molar-refractivity contribution in [1.82, 2.24) is 4.90 Å². The molecule has 1 amide bonds. The highest BCUT2D eigenvalue weighted by Crippen LogP contribution is 2.15. The number of amides is 1. The van der Waals surface area contributed by atoms with Crippen molar-refractivity contribution >= 4 is 5.91 Å². The molecule has 0 fully saturated rings. The van der Waals surface area contributed by atoms with Crippen molar-refractivity contribution in [2.45, 2.75) is 39.0 Å². The van der Waals surface area contributed by atoms with Crippen LogP contribution in [0.25, 0.3) is 0 Å². The Labute approximate surface area is 105 Å². The van der Waals surface area contributed by atoms with E-state index in [9.17, 15) is 4.79 Å². The summed E-state index contributed by atoms with van der Waals surface area (Å²) in [7, 11) is 3.54. The predicted molar refractivity (Wildman–Crippen MR) is 70.8 cm³/mol. The number of carbonyl (C=O) groups is 1. The smallest absolute Gasteiger partial charge is 0.222 e. The topological polar surface area (TPSA) is 55.6 Å². The molecule has 0 aromatic rings. The molecule has 0 saturated heterocycles.